The normalized spacial score (nSPS) is 10.0. The highest BCUT2D eigenvalue weighted by molar-refractivity contribution is 9.10. The average Bonchev–Trinajstić information content (AvgIpc) is 2.68. The van der Waals surface area contributed by atoms with Gasteiger partial charge in [0.05, 0.1) is 0 Å². The molecule has 1 N–H and O–H groups in total. The van der Waals surface area contributed by atoms with E-state index in [0.717, 1.165) is 19.7 Å². The highest BCUT2D eigenvalue weighted by atomic mass is 79.9. The molecule has 0 aliphatic rings. The van der Waals surface area contributed by atoms with E-state index in [2.05, 4.69) is 79.9 Å². The number of ether oxygens (including phenoxy) is 1. The number of phenolic OH excluding ortho intramolecular Hbond substituents is 1. The van der Waals surface area contributed by atoms with Crippen LogP contribution in [-0.2, 0) is 4.74 Å². The van der Waals surface area contributed by atoms with Crippen molar-refractivity contribution < 1.29 is 9.84 Å². The molecule has 4 aromatic rings. The molecule has 0 fully saturated rings. The predicted octanol–water partition coefficient (Wildman–Crippen LogP) is 8.05. The summed E-state index contributed by atoms with van der Waals surface area (Å²) in [6, 6.07) is 24.4. The summed E-state index contributed by atoms with van der Waals surface area (Å²) in [6.45, 7) is 2.11. The van der Waals surface area contributed by atoms with E-state index in [9.17, 15) is 5.11 Å². The van der Waals surface area contributed by atoms with Crippen molar-refractivity contribution in [3.63, 3.8) is 0 Å². The lowest BCUT2D eigenvalue weighted by atomic mass is 10.1. The summed E-state index contributed by atoms with van der Waals surface area (Å²) < 4.78 is 6.47. The first-order chi connectivity index (χ1) is 13.4. The van der Waals surface area contributed by atoms with Crippen LogP contribution in [0.1, 0.15) is 5.56 Å². The third-order valence-corrected chi connectivity index (χ3v) is 5.06. The van der Waals surface area contributed by atoms with Crippen LogP contribution in [0.2, 0.25) is 0 Å². The first-order valence-electron chi connectivity index (χ1n) is 8.52. The summed E-state index contributed by atoms with van der Waals surface area (Å²) in [7, 11) is 1.55. The quantitative estimate of drug-likeness (QED) is 0.255. The predicted molar refractivity (Wildman–Crippen MR) is 127 cm³/mol. The Kier molecular flexibility index (Phi) is 9.26. The van der Waals surface area contributed by atoms with Crippen molar-refractivity contribution in [2.45, 2.75) is 6.92 Å². The van der Waals surface area contributed by atoms with Gasteiger partial charge in [-0.1, -0.05) is 85.4 Å². The summed E-state index contributed by atoms with van der Waals surface area (Å²) in [6.07, 6.45) is 0. The smallest absolute Gasteiger partial charge is 0.120 e. The Hall–Kier alpha value is -1.59. The maximum Gasteiger partial charge on any atom is 0.120 e. The van der Waals surface area contributed by atoms with Crippen molar-refractivity contribution in [1.29, 1.82) is 0 Å². The molecule has 2 nitrogen and oxygen atoms in total. The molecule has 146 valence electrons. The van der Waals surface area contributed by atoms with Crippen LogP contribution in [0.4, 0.5) is 0 Å². The number of aromatic hydroxyl groups is 1. The molecule has 4 aromatic carbocycles. The lowest BCUT2D eigenvalue weighted by molar-refractivity contribution is 0.254. The highest BCUT2D eigenvalue weighted by Gasteiger charge is 1.95. The van der Waals surface area contributed by atoms with Crippen LogP contribution < -0.4 is 0 Å². The number of benzene rings is 4. The molecular weight excluding hydrogens is 504 g/mol. The largest absolute Gasteiger partial charge is 0.508 e. The van der Waals surface area contributed by atoms with Crippen LogP contribution in [0.25, 0.3) is 21.5 Å². The Balaban J connectivity index is 0.000000169. The van der Waals surface area contributed by atoms with Crippen molar-refractivity contribution in [3.8, 4) is 5.75 Å². The number of halogens is 3. The van der Waals surface area contributed by atoms with E-state index < -0.39 is 0 Å². The molecule has 0 saturated carbocycles. The fraction of sp³-hybridized carbons (Fsp3) is 0.130. The van der Waals surface area contributed by atoms with Gasteiger partial charge in [0.25, 0.3) is 0 Å². The number of alkyl halides is 1. The number of hydrogen-bond donors (Lipinski definition) is 1. The zero-order chi connectivity index (χ0) is 20.5. The number of aryl methyl sites for hydroxylation is 1. The van der Waals surface area contributed by atoms with E-state index in [0.29, 0.717) is 11.8 Å². The number of rotatable bonds is 1. The van der Waals surface area contributed by atoms with Gasteiger partial charge in [0.1, 0.15) is 11.8 Å². The second-order valence-corrected chi connectivity index (χ2v) is 8.12. The summed E-state index contributed by atoms with van der Waals surface area (Å²) in [5.74, 6) is 0.306. The second kappa shape index (κ2) is 11.4. The fourth-order valence-corrected chi connectivity index (χ4v) is 3.30. The summed E-state index contributed by atoms with van der Waals surface area (Å²) in [5.41, 5.74) is 1.31. The Labute approximate surface area is 187 Å². The standard InChI is InChI=1S/C11H9Br.C10H7BrO.C2H5ClO/c1-8-2-3-9-4-5-11(12)7-10(9)6-8;11-9-3-1-7-2-4-10(12)6-8(7)5-9;1-4-2-3/h2-7H,1H3;1-6,12H;2H2,1H3. The van der Waals surface area contributed by atoms with Crippen LogP contribution in [0, 0.1) is 6.92 Å². The minimum atomic E-state index is 0.292. The third kappa shape index (κ3) is 7.10. The van der Waals surface area contributed by atoms with Gasteiger partial charge in [0.2, 0.25) is 0 Å². The second-order valence-electron chi connectivity index (χ2n) is 6.07. The molecule has 0 radical (unpaired) electrons. The fourth-order valence-electron chi connectivity index (χ4n) is 2.54. The van der Waals surface area contributed by atoms with E-state index in [-0.39, 0.29) is 0 Å². The Morgan fingerprint density at radius 1 is 0.750 bits per heavy atom. The molecule has 0 aromatic heterocycles. The first kappa shape index (κ1) is 22.7. The molecule has 0 atom stereocenters. The molecule has 0 aliphatic heterocycles. The first-order valence-corrected chi connectivity index (χ1v) is 10.6. The van der Waals surface area contributed by atoms with Crippen LogP contribution in [0.5, 0.6) is 5.75 Å². The topological polar surface area (TPSA) is 29.5 Å². The van der Waals surface area contributed by atoms with Crippen LogP contribution in [0.3, 0.4) is 0 Å². The van der Waals surface area contributed by atoms with Gasteiger partial charge < -0.3 is 9.84 Å². The van der Waals surface area contributed by atoms with Gasteiger partial charge in [-0.2, -0.15) is 0 Å². The minimum Gasteiger partial charge on any atom is -0.508 e. The van der Waals surface area contributed by atoms with Crippen LogP contribution in [0.15, 0.2) is 81.7 Å². The van der Waals surface area contributed by atoms with Gasteiger partial charge in [-0.25, -0.2) is 0 Å². The van der Waals surface area contributed by atoms with Crippen molar-refractivity contribution in [1.82, 2.24) is 0 Å². The highest BCUT2D eigenvalue weighted by Crippen LogP contribution is 2.23. The maximum absolute atomic E-state index is 9.21. The van der Waals surface area contributed by atoms with Gasteiger partial charge in [0, 0.05) is 16.1 Å². The molecule has 0 heterocycles. The lowest BCUT2D eigenvalue weighted by Gasteiger charge is -1.99. The Bertz CT molecular complexity index is 892. The zero-order valence-corrected chi connectivity index (χ0v) is 19.6. The van der Waals surface area contributed by atoms with Crippen molar-refractivity contribution in [2.24, 2.45) is 0 Å². The number of hydrogen-bond acceptors (Lipinski definition) is 2. The molecule has 28 heavy (non-hydrogen) atoms. The lowest BCUT2D eigenvalue weighted by Crippen LogP contribution is -1.74. The van der Waals surface area contributed by atoms with Gasteiger partial charge in [0.15, 0.2) is 0 Å². The third-order valence-electron chi connectivity index (χ3n) is 3.85. The summed E-state index contributed by atoms with van der Waals surface area (Å²) in [5, 5.41) is 14.0. The molecule has 0 spiro atoms. The molecule has 0 amide bonds. The molecular formula is C23H21Br2ClO2. The van der Waals surface area contributed by atoms with Crippen molar-refractivity contribution in [2.75, 3.05) is 13.2 Å². The number of methoxy groups -OCH3 is 1. The maximum atomic E-state index is 9.21. The molecule has 0 saturated heterocycles. The van der Waals surface area contributed by atoms with Crippen LogP contribution >= 0.6 is 43.5 Å². The van der Waals surface area contributed by atoms with Gasteiger partial charge in [-0.15, -0.1) is 0 Å². The van der Waals surface area contributed by atoms with Gasteiger partial charge in [-0.3, -0.25) is 0 Å². The van der Waals surface area contributed by atoms with Gasteiger partial charge in [-0.05, 0) is 64.9 Å². The summed E-state index contributed by atoms with van der Waals surface area (Å²) in [4.78, 5) is 0. The summed E-state index contributed by atoms with van der Waals surface area (Å²) >= 11 is 11.8. The van der Waals surface area contributed by atoms with Crippen molar-refractivity contribution >= 4 is 65.0 Å². The van der Waals surface area contributed by atoms with E-state index >= 15 is 0 Å². The molecule has 0 unspecified atom stereocenters. The van der Waals surface area contributed by atoms with E-state index in [1.54, 1.807) is 19.2 Å². The minimum absolute atomic E-state index is 0.292. The Morgan fingerprint density at radius 2 is 1.21 bits per heavy atom. The molecule has 0 bridgehead atoms. The number of fused-ring (bicyclic) bond motifs is 2. The average molecular weight is 525 g/mol. The molecule has 0 aliphatic carbocycles. The monoisotopic (exact) mass is 522 g/mol. The van der Waals surface area contributed by atoms with Crippen molar-refractivity contribution in [3.05, 3.63) is 87.3 Å². The molecule has 5 heteroatoms. The number of phenols is 1. The zero-order valence-electron chi connectivity index (χ0n) is 15.6. The van der Waals surface area contributed by atoms with E-state index in [4.69, 9.17) is 11.6 Å². The molecule has 4 rings (SSSR count). The Morgan fingerprint density at radius 3 is 1.75 bits per heavy atom. The van der Waals surface area contributed by atoms with Crippen LogP contribution in [-0.4, -0.2) is 18.3 Å². The van der Waals surface area contributed by atoms with Gasteiger partial charge >= 0.3 is 0 Å². The van der Waals surface area contributed by atoms with E-state index in [1.165, 1.54) is 16.3 Å². The SMILES string of the molecule is COCCl.Cc1ccc2ccc(Br)cc2c1.Oc1ccc2ccc(Br)cc2c1. The van der Waals surface area contributed by atoms with E-state index in [1.807, 2.05) is 24.3 Å².